The summed E-state index contributed by atoms with van der Waals surface area (Å²) < 4.78 is 107. The summed E-state index contributed by atoms with van der Waals surface area (Å²) in [5.74, 6) is -0.970. The van der Waals surface area contributed by atoms with Crippen molar-refractivity contribution in [1.29, 1.82) is 0 Å². The van der Waals surface area contributed by atoms with Crippen molar-refractivity contribution in [2.45, 2.75) is 285 Å². The number of hydrogen-bond acceptors (Lipinski definition) is 26. The Hall–Kier alpha value is -1.60. The standard InChI is InChI=1S/C57H94O27S/c1-22(2)11-14-35(58)57(9,69)34-13-12-29-28-20-32(31-19-27(84-85(70,71)72)15-17-55(31,7)30(28)16-18-56(29,34)8)79-51-45(68)47(39(62)26(6)76-51)81-53-48(82-52-44(67)46(73-10)38(61)25(5)77-52)40(63)33(21-74-53)80-54-49(42(65)37(60)24(4)78-54)83-50-43(66)41(64)36(59)23(3)75-50/h16,22-29,31-34,36-54,59-69H,11-15,17-21H2,1-10H3,(H,70,71,72)/t23?,24?,25?,26?,27?,28?,29?,31?,32?,33-,34+,36+,37-,38-,39-,40?,41?,42+,43+,44?,45?,46+,47?,48?,49?,50+,51?,52+,53?,54+,55-,56+,57-/m1/s1. The van der Waals surface area contributed by atoms with Crippen LogP contribution < -0.4 is 0 Å². The molecule has 0 aromatic carbocycles. The molecule has 8 fully saturated rings. The first-order valence-electron chi connectivity index (χ1n) is 30.2. The summed E-state index contributed by atoms with van der Waals surface area (Å²) in [6.45, 7) is 15.2. The van der Waals surface area contributed by atoms with Crippen LogP contribution in [0.1, 0.15) is 120 Å². The zero-order chi connectivity index (χ0) is 62.3. The molecule has 0 bridgehead atoms. The summed E-state index contributed by atoms with van der Waals surface area (Å²) in [6.07, 6.45) is -33.2. The van der Waals surface area contributed by atoms with Gasteiger partial charge in [0.25, 0.3) is 0 Å². The molecule has 4 aliphatic carbocycles. The molecule has 3 saturated carbocycles. The molecule has 0 amide bonds. The number of hydrogen-bond donors (Lipinski definition) is 12. The smallest absolute Gasteiger partial charge is 0.388 e. The van der Waals surface area contributed by atoms with Crippen molar-refractivity contribution in [2.75, 3.05) is 13.7 Å². The first kappa shape index (κ1) is 67.8. The molecule has 18 unspecified atom stereocenters. The Morgan fingerprint density at radius 1 is 0.635 bits per heavy atom. The maximum Gasteiger partial charge on any atom is 0.397 e. The summed E-state index contributed by atoms with van der Waals surface area (Å²) >= 11 is 0. The number of fused-ring (bicyclic) bond motifs is 5. The van der Waals surface area contributed by atoms with E-state index in [9.17, 15) is 73.9 Å². The maximum atomic E-state index is 13.8. The van der Waals surface area contributed by atoms with Gasteiger partial charge in [0.1, 0.15) is 97.2 Å². The minimum Gasteiger partial charge on any atom is -0.388 e. The van der Waals surface area contributed by atoms with Gasteiger partial charge in [0.05, 0.1) is 43.2 Å². The molecule has 490 valence electrons. The third kappa shape index (κ3) is 13.3. The van der Waals surface area contributed by atoms with E-state index in [0.717, 1.165) is 5.57 Å². The minimum atomic E-state index is -4.87. The van der Waals surface area contributed by atoms with Gasteiger partial charge in [0, 0.05) is 19.4 Å². The quantitative estimate of drug-likeness (QED) is 0.0579. The number of ether oxygens (including phenoxy) is 11. The van der Waals surface area contributed by atoms with Gasteiger partial charge in [-0.3, -0.25) is 9.35 Å². The zero-order valence-corrected chi connectivity index (χ0v) is 50.8. The minimum absolute atomic E-state index is 0.0296. The van der Waals surface area contributed by atoms with Crippen LogP contribution >= 0.6 is 0 Å². The van der Waals surface area contributed by atoms with E-state index in [2.05, 4.69) is 19.9 Å². The molecular formula is C57H94O27S. The topological polar surface area (TPSA) is 405 Å². The van der Waals surface area contributed by atoms with Crippen molar-refractivity contribution >= 4 is 16.2 Å². The lowest BCUT2D eigenvalue weighted by Gasteiger charge is -2.60. The van der Waals surface area contributed by atoms with Crippen molar-refractivity contribution in [3.8, 4) is 0 Å². The van der Waals surface area contributed by atoms with Crippen LogP contribution in [0, 0.1) is 40.4 Å². The number of aliphatic hydroxyl groups excluding tert-OH is 10. The van der Waals surface area contributed by atoms with E-state index in [1.54, 1.807) is 6.92 Å². The fourth-order valence-corrected chi connectivity index (χ4v) is 16.2. The highest BCUT2D eigenvalue weighted by atomic mass is 32.3. The van der Waals surface area contributed by atoms with E-state index in [1.165, 1.54) is 34.8 Å². The van der Waals surface area contributed by atoms with Crippen LogP contribution in [0.5, 0.6) is 0 Å². The maximum absolute atomic E-state index is 13.8. The number of aliphatic hydroxyl groups is 11. The van der Waals surface area contributed by atoms with Crippen LogP contribution in [0.4, 0.5) is 0 Å². The Kier molecular flexibility index (Phi) is 20.9. The van der Waals surface area contributed by atoms with Gasteiger partial charge in [-0.15, -0.1) is 0 Å². The van der Waals surface area contributed by atoms with Gasteiger partial charge in [0.2, 0.25) is 0 Å². The van der Waals surface area contributed by atoms with Crippen LogP contribution in [0.2, 0.25) is 0 Å². The third-order valence-corrected chi connectivity index (χ3v) is 21.3. The number of rotatable bonds is 18. The van der Waals surface area contributed by atoms with E-state index in [1.807, 2.05) is 13.8 Å². The SMILES string of the molecule is CO[C@@H]1C(O)[C@H](OC2C(OC3C(O)C(OC4CC5C(=CC[C@@]6(C)C5CC[C@@H]6[C@@](C)(O)C(=O)CCC(C)C)[C@@]5(C)CCC(OS(=O)(=O)O)CC45)OC(C)[C@H]3O)OC[C@@H](O[C@@H]3OC(C)[C@@H](O)[C@H](O)C3O[C@@H]3OC(C)[C@H](O)C(O)[C@@H]3O)C2O)OC(C)[C@H]1O. The Bertz CT molecular complexity index is 2420. The largest absolute Gasteiger partial charge is 0.397 e. The third-order valence-electron chi connectivity index (χ3n) is 20.8. The zero-order valence-electron chi connectivity index (χ0n) is 49.9. The van der Waals surface area contributed by atoms with Crippen LogP contribution in [0.15, 0.2) is 11.6 Å². The molecule has 85 heavy (non-hydrogen) atoms. The van der Waals surface area contributed by atoms with Crippen molar-refractivity contribution in [2.24, 2.45) is 40.4 Å². The van der Waals surface area contributed by atoms with Gasteiger partial charge in [-0.25, -0.2) is 4.18 Å². The highest BCUT2D eigenvalue weighted by Gasteiger charge is 2.64. The highest BCUT2D eigenvalue weighted by Crippen LogP contribution is 2.67. The predicted molar refractivity (Wildman–Crippen MR) is 289 cm³/mol. The first-order chi connectivity index (χ1) is 39.7. The Labute approximate surface area is 496 Å². The monoisotopic (exact) mass is 1240 g/mol. The number of methoxy groups -OCH3 is 1. The lowest BCUT2D eigenvalue weighted by Crippen LogP contribution is -2.67. The average molecular weight is 1240 g/mol. The van der Waals surface area contributed by atoms with Crippen molar-refractivity contribution in [3.63, 3.8) is 0 Å². The Balaban J connectivity index is 0.985. The molecule has 9 aliphatic rings. The number of carbonyl (C=O) groups excluding carboxylic acids is 1. The molecule has 33 atom stereocenters. The molecule has 28 heteroatoms. The highest BCUT2D eigenvalue weighted by molar-refractivity contribution is 7.80. The number of Topliss-reactive ketones (excluding diaryl/α,β-unsaturated/α-hetero) is 1. The van der Waals surface area contributed by atoms with E-state index >= 15 is 0 Å². The molecule has 5 saturated heterocycles. The van der Waals surface area contributed by atoms with Crippen LogP contribution in [-0.2, 0) is 71.5 Å². The van der Waals surface area contributed by atoms with Crippen LogP contribution in [0.25, 0.3) is 0 Å². The number of ketones is 1. The molecule has 9 rings (SSSR count). The first-order valence-corrected chi connectivity index (χ1v) is 31.5. The van der Waals surface area contributed by atoms with E-state index in [4.69, 9.17) is 56.3 Å². The van der Waals surface area contributed by atoms with Gasteiger partial charge in [-0.2, -0.15) is 8.42 Å². The molecular weight excluding hydrogens is 1150 g/mol. The lowest BCUT2D eigenvalue weighted by atomic mass is 9.47. The Morgan fingerprint density at radius 2 is 1.16 bits per heavy atom. The van der Waals surface area contributed by atoms with Gasteiger partial charge in [0.15, 0.2) is 37.2 Å². The van der Waals surface area contributed by atoms with E-state index in [0.29, 0.717) is 38.5 Å². The molecule has 0 spiro atoms. The normalized spacial score (nSPS) is 51.3. The van der Waals surface area contributed by atoms with Crippen molar-refractivity contribution in [3.05, 3.63) is 11.6 Å². The second kappa shape index (κ2) is 26.2. The summed E-state index contributed by atoms with van der Waals surface area (Å²) in [5.41, 5.74) is -1.60. The molecule has 5 heterocycles. The second-order valence-electron chi connectivity index (χ2n) is 26.7. The average Bonchev–Trinajstić information content (AvgIpc) is 1.70. The molecule has 5 aliphatic heterocycles. The van der Waals surface area contributed by atoms with Crippen molar-refractivity contribution < 1.29 is 130 Å². The van der Waals surface area contributed by atoms with Gasteiger partial charge >= 0.3 is 10.4 Å². The van der Waals surface area contributed by atoms with Gasteiger partial charge < -0.3 is 108 Å². The lowest BCUT2D eigenvalue weighted by molar-refractivity contribution is -0.398. The van der Waals surface area contributed by atoms with Gasteiger partial charge in [-0.1, -0.05) is 39.3 Å². The summed E-state index contributed by atoms with van der Waals surface area (Å²) in [6, 6.07) is 0. The predicted octanol–water partition coefficient (Wildman–Crippen LogP) is -0.995. The van der Waals surface area contributed by atoms with E-state index < -0.39 is 199 Å². The van der Waals surface area contributed by atoms with E-state index in [-0.39, 0.29) is 48.7 Å². The fraction of sp³-hybridized carbons (Fsp3) is 0.947. The van der Waals surface area contributed by atoms with Crippen LogP contribution in [-0.4, -0.2) is 254 Å². The second-order valence-corrected chi connectivity index (χ2v) is 27.7. The fourth-order valence-electron chi connectivity index (χ4n) is 15.7. The summed E-state index contributed by atoms with van der Waals surface area (Å²) in [5, 5.41) is 125. The number of carbonyl (C=O) groups is 1. The molecule has 12 N–H and O–H groups in total. The molecule has 27 nitrogen and oxygen atoms in total. The molecule has 0 aromatic heterocycles. The molecule has 0 aromatic rings. The summed E-state index contributed by atoms with van der Waals surface area (Å²) in [7, 11) is -3.63. The van der Waals surface area contributed by atoms with Gasteiger partial charge in [-0.05, 0) is 120 Å². The number of allylic oxidation sites excluding steroid dienone is 2. The Morgan fingerprint density at radius 3 is 1.78 bits per heavy atom. The molecule has 0 radical (unpaired) electrons. The summed E-state index contributed by atoms with van der Waals surface area (Å²) in [4.78, 5) is 13.8. The van der Waals surface area contributed by atoms with Crippen molar-refractivity contribution in [1.82, 2.24) is 0 Å². The van der Waals surface area contributed by atoms with Crippen LogP contribution in [0.3, 0.4) is 0 Å².